The van der Waals surface area contributed by atoms with Crippen LogP contribution in [0.2, 0.25) is 0 Å². The second-order valence-electron chi connectivity index (χ2n) is 35.8. The molecule has 19 aromatic carbocycles. The summed E-state index contributed by atoms with van der Waals surface area (Å²) >= 11 is 0. The lowest BCUT2D eigenvalue weighted by Crippen LogP contribution is -2.61. The molecule has 6 aliphatic rings. The number of hydrogen-bond acceptors (Lipinski definition) is 6. The van der Waals surface area contributed by atoms with Gasteiger partial charge in [-0.3, -0.25) is 0 Å². The second kappa shape index (κ2) is 29.4. The van der Waals surface area contributed by atoms with E-state index < -0.39 is 0 Å². The molecule has 0 amide bonds. The first kappa shape index (κ1) is 74.7. The third-order valence-electron chi connectivity index (χ3n) is 28.1. The number of anilines is 14. The highest BCUT2D eigenvalue weighted by atomic mass is 15.3. The molecule has 0 saturated carbocycles. The van der Waals surface area contributed by atoms with Crippen molar-refractivity contribution in [3.05, 3.63) is 471 Å². The molecule has 0 saturated heterocycles. The van der Waals surface area contributed by atoms with Crippen LogP contribution in [0.1, 0.15) is 49.9 Å². The zero-order valence-electron chi connectivity index (χ0n) is 71.6. The normalized spacial score (nSPS) is 13.8. The van der Waals surface area contributed by atoms with Gasteiger partial charge in [-0.1, -0.05) is 325 Å². The molecule has 0 unspecified atom stereocenters. The topological polar surface area (TPSA) is 19.4 Å². The average molecular weight is 1630 g/mol. The third-order valence-corrected chi connectivity index (χ3v) is 28.1. The van der Waals surface area contributed by atoms with E-state index in [9.17, 15) is 0 Å². The van der Waals surface area contributed by atoms with Gasteiger partial charge >= 0.3 is 14.0 Å². The number of benzene rings is 19. The Balaban J connectivity index is 0.650. The molecule has 2 aliphatic carbocycles. The molecule has 19 aromatic rings. The fourth-order valence-electron chi connectivity index (χ4n) is 22.2. The van der Waals surface area contributed by atoms with Crippen molar-refractivity contribution in [3.63, 3.8) is 0 Å². The first-order chi connectivity index (χ1) is 63.0. The molecule has 6 nitrogen and oxygen atoms in total. The van der Waals surface area contributed by atoms with Gasteiger partial charge in [-0.05, 0) is 268 Å². The van der Waals surface area contributed by atoms with Gasteiger partial charge in [0.1, 0.15) is 0 Å². The minimum Gasteiger partial charge on any atom is -0.361 e. The van der Waals surface area contributed by atoms with Crippen molar-refractivity contribution in [2.24, 2.45) is 0 Å². The number of hydrogen-bond donors (Lipinski definition) is 0. The SMILES string of the molecule is CC1(C)c2ccccc2-c2ccc(N(c3ccc(-c4ccccc4)cc3)c3cc4c5c(c3)-c3ccccc3N(c3cccc(-c6cc(N(c7ccc(-c8ccccc8)cc7)c7ccc(-c8ccc9c(c8)-c8cccc%10c8B(N(c8ccccc8)c8ccccc8-%10)N9c8ccccc8)cc7)c7c(c6)C(C)(C)c6ccccc6-7)c3)B5N(c3ccccc3)c3ccccc3-4)cc21. The lowest BCUT2D eigenvalue weighted by atomic mass is 9.53. The standard InChI is InChI=1S/C120H86B2N6/c1-119(2)107-51-25-20-44-96(107)97-70-69-93(78-109(97)119)123(87-63-56-81(57-64-87)79-32-10-5-11-33-79)95-76-105-99-46-23-28-54-112(99)126(91-39-16-8-17-40-91)122-118(105)106(77-95)100-47-24-29-55-113(100)128(122)94-43-30-36-84(72-94)86-74-110-116(103-48-21-26-52-108(103)120(110,3)4)115(75-86)124(88-65-58-82(59-66-88)80-34-12-6-13-35-80)89-67-60-83(61-68-89)85-62-71-114-104(73-85)102-50-31-49-101-98-45-22-27-53-111(98)125(90-37-14-7-15-38-90)121(117(101)102)127(114)92-41-18-9-19-42-92/h5-78H,1-4H3. The van der Waals surface area contributed by atoms with Crippen molar-refractivity contribution < 1.29 is 0 Å². The molecule has 0 N–H and O–H groups in total. The Hall–Kier alpha value is -15.9. The smallest absolute Gasteiger partial charge is 0.361 e. The van der Waals surface area contributed by atoms with Crippen LogP contribution in [0.25, 0.3) is 111 Å². The first-order valence-corrected chi connectivity index (χ1v) is 44.7. The highest BCUT2D eigenvalue weighted by Gasteiger charge is 2.50. The number of fused-ring (bicyclic) bond motifs is 14. The van der Waals surface area contributed by atoms with Crippen molar-refractivity contribution in [1.82, 2.24) is 0 Å². The van der Waals surface area contributed by atoms with E-state index in [-0.39, 0.29) is 24.8 Å². The monoisotopic (exact) mass is 1630 g/mol. The van der Waals surface area contributed by atoms with Crippen molar-refractivity contribution >= 4 is 105 Å². The molecule has 0 bridgehead atoms. The summed E-state index contributed by atoms with van der Waals surface area (Å²) in [4.78, 5) is 15.4. The third kappa shape index (κ3) is 11.7. The zero-order valence-corrected chi connectivity index (χ0v) is 71.6. The van der Waals surface area contributed by atoms with E-state index in [0.717, 1.165) is 102 Å². The molecule has 8 heteroatoms. The minimum atomic E-state index is -0.370. The van der Waals surface area contributed by atoms with E-state index in [1.54, 1.807) is 0 Å². The molecule has 0 fully saturated rings. The predicted molar refractivity (Wildman–Crippen MR) is 540 cm³/mol. The van der Waals surface area contributed by atoms with Gasteiger partial charge < -0.3 is 29.0 Å². The Kier molecular flexibility index (Phi) is 17.2. The molecule has 25 rings (SSSR count). The Morgan fingerprint density at radius 2 is 0.531 bits per heavy atom. The molecule has 4 heterocycles. The van der Waals surface area contributed by atoms with E-state index in [1.165, 1.54) is 122 Å². The molecular weight excluding hydrogens is 1550 g/mol. The summed E-state index contributed by atoms with van der Waals surface area (Å²) < 4.78 is 0. The molecule has 602 valence electrons. The highest BCUT2D eigenvalue weighted by Crippen LogP contribution is 2.60. The van der Waals surface area contributed by atoms with Gasteiger partial charge in [0.05, 0.1) is 5.69 Å². The summed E-state index contributed by atoms with van der Waals surface area (Å²) in [6.45, 7) is 9.11. The molecular formula is C120H86B2N6. The average Bonchev–Trinajstić information content (AvgIpc) is 0.936. The maximum absolute atomic E-state index is 2.65. The predicted octanol–water partition coefficient (Wildman–Crippen LogP) is 30.6. The minimum absolute atomic E-state index is 0.164. The van der Waals surface area contributed by atoms with Gasteiger partial charge in [0, 0.05) is 113 Å². The molecule has 0 radical (unpaired) electrons. The van der Waals surface area contributed by atoms with Crippen LogP contribution in [-0.4, -0.2) is 14.0 Å². The Bertz CT molecular complexity index is 7630. The van der Waals surface area contributed by atoms with E-state index in [2.05, 4.69) is 506 Å². The Labute approximate surface area is 749 Å². The number of rotatable bonds is 14. The van der Waals surface area contributed by atoms with Crippen molar-refractivity contribution in [2.45, 2.75) is 38.5 Å². The maximum atomic E-state index is 2.65. The quantitative estimate of drug-likeness (QED) is 0.100. The van der Waals surface area contributed by atoms with E-state index in [1.807, 2.05) is 0 Å². The van der Waals surface area contributed by atoms with Crippen LogP contribution in [0, 0.1) is 0 Å². The summed E-state index contributed by atoms with van der Waals surface area (Å²) in [6, 6.07) is 168. The van der Waals surface area contributed by atoms with Gasteiger partial charge in [0.15, 0.2) is 0 Å². The second-order valence-corrected chi connectivity index (χ2v) is 35.8. The first-order valence-electron chi connectivity index (χ1n) is 44.7. The fourth-order valence-corrected chi connectivity index (χ4v) is 22.2. The van der Waals surface area contributed by atoms with Crippen LogP contribution in [0.4, 0.5) is 79.6 Å². The van der Waals surface area contributed by atoms with Crippen molar-refractivity contribution in [3.8, 4) is 111 Å². The number of nitrogens with zero attached hydrogens (tertiary/aromatic N) is 6. The van der Waals surface area contributed by atoms with Crippen molar-refractivity contribution in [2.75, 3.05) is 29.0 Å². The molecule has 4 aliphatic heterocycles. The fraction of sp³-hybridized carbons (Fsp3) is 0.0500. The maximum Gasteiger partial charge on any atom is 0.421 e. The summed E-state index contributed by atoms with van der Waals surface area (Å²) in [6.07, 6.45) is 0. The molecule has 0 aromatic heterocycles. The lowest BCUT2D eigenvalue weighted by molar-refractivity contribution is 0.660. The van der Waals surface area contributed by atoms with Crippen LogP contribution in [0.3, 0.4) is 0 Å². The summed E-state index contributed by atoms with van der Waals surface area (Å²) in [7, 11) is 0. The van der Waals surface area contributed by atoms with Gasteiger partial charge in [-0.25, -0.2) is 0 Å². The van der Waals surface area contributed by atoms with Crippen LogP contribution in [-0.2, 0) is 10.8 Å². The van der Waals surface area contributed by atoms with Gasteiger partial charge in [-0.15, -0.1) is 0 Å². The van der Waals surface area contributed by atoms with Crippen molar-refractivity contribution in [1.29, 1.82) is 0 Å². The van der Waals surface area contributed by atoms with Gasteiger partial charge in [0.2, 0.25) is 0 Å². The summed E-state index contributed by atoms with van der Waals surface area (Å²) in [5.74, 6) is 0. The van der Waals surface area contributed by atoms with Crippen LogP contribution in [0.15, 0.2) is 449 Å². The molecule has 128 heavy (non-hydrogen) atoms. The Morgan fingerprint density at radius 1 is 0.188 bits per heavy atom. The Morgan fingerprint density at radius 3 is 1.06 bits per heavy atom. The van der Waals surface area contributed by atoms with E-state index >= 15 is 0 Å². The summed E-state index contributed by atoms with van der Waals surface area (Å²) in [5, 5.41) is 0. The van der Waals surface area contributed by atoms with Crippen LogP contribution in [0.5, 0.6) is 0 Å². The molecule has 0 spiro atoms. The van der Waals surface area contributed by atoms with Crippen LogP contribution >= 0.6 is 0 Å². The van der Waals surface area contributed by atoms with Crippen LogP contribution < -0.4 is 40.0 Å². The van der Waals surface area contributed by atoms with Gasteiger partial charge in [0.25, 0.3) is 0 Å². The number of para-hydroxylation sites is 6. The van der Waals surface area contributed by atoms with Gasteiger partial charge in [-0.2, -0.15) is 0 Å². The summed E-state index contributed by atoms with van der Waals surface area (Å²) in [5.41, 5.74) is 46.8. The molecule has 0 atom stereocenters. The lowest BCUT2D eigenvalue weighted by Gasteiger charge is -2.48. The largest absolute Gasteiger partial charge is 0.421 e. The highest BCUT2D eigenvalue weighted by molar-refractivity contribution is 6.87. The zero-order chi connectivity index (χ0) is 85.0. The van der Waals surface area contributed by atoms with E-state index in [4.69, 9.17) is 0 Å². The van der Waals surface area contributed by atoms with E-state index in [0.29, 0.717) is 0 Å².